The van der Waals surface area contributed by atoms with Crippen molar-refractivity contribution in [3.8, 4) is 28.6 Å². The molecule has 2 aromatic carbocycles. The molecule has 0 aliphatic heterocycles. The van der Waals surface area contributed by atoms with Gasteiger partial charge in [-0.3, -0.25) is 0 Å². The van der Waals surface area contributed by atoms with E-state index in [2.05, 4.69) is 21.3 Å². The van der Waals surface area contributed by atoms with Gasteiger partial charge in [0.15, 0.2) is 11.6 Å². The van der Waals surface area contributed by atoms with Crippen LogP contribution in [-0.2, 0) is 0 Å². The second-order valence-corrected chi connectivity index (χ2v) is 5.59. The number of nitrogens with two attached hydrogens (primary N) is 1. The Morgan fingerprint density at radius 2 is 1.60 bits per heavy atom. The minimum absolute atomic E-state index is 0.0782. The van der Waals surface area contributed by atoms with Gasteiger partial charge in [0, 0.05) is 11.1 Å². The molecule has 1 heterocycles. The topological polar surface area (TPSA) is 88.5 Å². The van der Waals surface area contributed by atoms with Gasteiger partial charge in [-0.05, 0) is 55.3 Å². The first-order valence-corrected chi connectivity index (χ1v) is 7.38. The van der Waals surface area contributed by atoms with E-state index in [1.807, 2.05) is 13.8 Å². The molecule has 0 amide bonds. The first-order valence-electron chi connectivity index (χ1n) is 7.38. The summed E-state index contributed by atoms with van der Waals surface area (Å²) in [6, 6.07) is 9.14. The molecular formula is C18H13F2N5. The monoisotopic (exact) mass is 337 g/mol. The minimum atomic E-state index is -0.993. The largest absolute Gasteiger partial charge is 0.366 e. The zero-order valence-electron chi connectivity index (χ0n) is 13.5. The zero-order valence-corrected chi connectivity index (χ0v) is 13.5. The van der Waals surface area contributed by atoms with Crippen LogP contribution < -0.4 is 5.73 Å². The summed E-state index contributed by atoms with van der Waals surface area (Å²) in [5.41, 5.74) is 9.39. The molecule has 0 atom stereocenters. The zero-order chi connectivity index (χ0) is 18.1. The number of hydrogen-bond donors (Lipinski definition) is 1. The van der Waals surface area contributed by atoms with Crippen molar-refractivity contribution in [1.82, 2.24) is 15.2 Å². The molecule has 0 unspecified atom stereocenters. The fourth-order valence-corrected chi connectivity index (χ4v) is 2.65. The van der Waals surface area contributed by atoms with Gasteiger partial charge in [0.2, 0.25) is 5.95 Å². The maximum Gasteiger partial charge on any atom is 0.240 e. The second kappa shape index (κ2) is 6.24. The Kier molecular flexibility index (Phi) is 4.11. The van der Waals surface area contributed by atoms with Crippen molar-refractivity contribution in [2.75, 3.05) is 5.73 Å². The first kappa shape index (κ1) is 16.5. The molecule has 3 aromatic rings. The Morgan fingerprint density at radius 1 is 0.920 bits per heavy atom. The third kappa shape index (κ3) is 3.02. The van der Waals surface area contributed by atoms with Crippen LogP contribution in [0.5, 0.6) is 0 Å². The highest BCUT2D eigenvalue weighted by Crippen LogP contribution is 2.31. The van der Waals surface area contributed by atoms with Crippen LogP contribution in [0.25, 0.3) is 22.5 Å². The quantitative estimate of drug-likeness (QED) is 0.772. The minimum Gasteiger partial charge on any atom is -0.366 e. The Bertz CT molecular complexity index is 1000. The molecule has 0 aliphatic rings. The number of hydrogen-bond acceptors (Lipinski definition) is 5. The van der Waals surface area contributed by atoms with Crippen LogP contribution in [0.4, 0.5) is 14.7 Å². The van der Waals surface area contributed by atoms with Crippen LogP contribution in [0, 0.1) is 36.8 Å². The number of nitrogens with zero attached hydrogens (tertiary/aromatic N) is 4. The van der Waals surface area contributed by atoms with E-state index in [1.54, 1.807) is 12.1 Å². The molecule has 0 fully saturated rings. The number of benzene rings is 2. The molecule has 3 rings (SSSR count). The standard InChI is InChI=1S/C18H13F2N5/c1-9-5-12(6-10(2)13(9)8-21)17-16(23-18(22)25-24-17)11-3-4-14(19)15(20)7-11/h3-7H,1-2H3,(H2,22,23,25). The Labute approximate surface area is 142 Å². The van der Waals surface area contributed by atoms with Gasteiger partial charge < -0.3 is 5.73 Å². The number of anilines is 1. The lowest BCUT2D eigenvalue weighted by molar-refractivity contribution is 0.509. The summed E-state index contributed by atoms with van der Waals surface area (Å²) in [4.78, 5) is 4.14. The van der Waals surface area contributed by atoms with Crippen LogP contribution >= 0.6 is 0 Å². The van der Waals surface area contributed by atoms with Crippen molar-refractivity contribution in [3.05, 3.63) is 58.7 Å². The van der Waals surface area contributed by atoms with Crippen molar-refractivity contribution >= 4 is 5.95 Å². The Hall–Kier alpha value is -3.40. The van der Waals surface area contributed by atoms with E-state index < -0.39 is 11.6 Å². The molecular weight excluding hydrogens is 324 g/mol. The van der Waals surface area contributed by atoms with Crippen molar-refractivity contribution < 1.29 is 8.78 Å². The van der Waals surface area contributed by atoms with Gasteiger partial charge in [0.1, 0.15) is 11.4 Å². The third-order valence-electron chi connectivity index (χ3n) is 3.81. The van der Waals surface area contributed by atoms with E-state index in [1.165, 1.54) is 6.07 Å². The van der Waals surface area contributed by atoms with Gasteiger partial charge in [-0.1, -0.05) is 0 Å². The molecule has 0 spiro atoms. The highest BCUT2D eigenvalue weighted by molar-refractivity contribution is 5.79. The average molecular weight is 337 g/mol. The highest BCUT2D eigenvalue weighted by Gasteiger charge is 2.16. The summed E-state index contributed by atoms with van der Waals surface area (Å²) < 4.78 is 26.8. The van der Waals surface area contributed by atoms with Crippen molar-refractivity contribution in [2.24, 2.45) is 0 Å². The predicted octanol–water partition coefficient (Wildman–Crippen LogP) is 3.55. The van der Waals surface area contributed by atoms with E-state index in [0.29, 0.717) is 22.4 Å². The van der Waals surface area contributed by atoms with E-state index in [-0.39, 0.29) is 11.6 Å². The van der Waals surface area contributed by atoms with Crippen molar-refractivity contribution in [3.63, 3.8) is 0 Å². The smallest absolute Gasteiger partial charge is 0.240 e. The van der Waals surface area contributed by atoms with Gasteiger partial charge >= 0.3 is 0 Å². The molecule has 5 nitrogen and oxygen atoms in total. The van der Waals surface area contributed by atoms with Crippen LogP contribution in [0.3, 0.4) is 0 Å². The molecule has 2 N–H and O–H groups in total. The molecule has 124 valence electrons. The lowest BCUT2D eigenvalue weighted by Gasteiger charge is -2.11. The second-order valence-electron chi connectivity index (χ2n) is 5.59. The van der Waals surface area contributed by atoms with Crippen LogP contribution in [0.15, 0.2) is 30.3 Å². The highest BCUT2D eigenvalue weighted by atomic mass is 19.2. The van der Waals surface area contributed by atoms with Gasteiger partial charge in [-0.25, -0.2) is 13.8 Å². The molecule has 0 aliphatic carbocycles. The van der Waals surface area contributed by atoms with Crippen molar-refractivity contribution in [2.45, 2.75) is 13.8 Å². The van der Waals surface area contributed by atoms with Crippen LogP contribution in [-0.4, -0.2) is 15.2 Å². The van der Waals surface area contributed by atoms with Gasteiger partial charge in [0.05, 0.1) is 11.6 Å². The maximum atomic E-state index is 13.6. The predicted molar refractivity (Wildman–Crippen MR) is 89.2 cm³/mol. The van der Waals surface area contributed by atoms with Gasteiger partial charge in [-0.2, -0.15) is 5.26 Å². The Morgan fingerprint density at radius 3 is 2.20 bits per heavy atom. The summed E-state index contributed by atoms with van der Waals surface area (Å²) in [5, 5.41) is 17.0. The molecule has 7 heteroatoms. The molecule has 0 saturated heterocycles. The van der Waals surface area contributed by atoms with Crippen LogP contribution in [0.2, 0.25) is 0 Å². The van der Waals surface area contributed by atoms with E-state index in [0.717, 1.165) is 23.3 Å². The SMILES string of the molecule is Cc1cc(-c2nnc(N)nc2-c2ccc(F)c(F)c2)cc(C)c1C#N. The fraction of sp³-hybridized carbons (Fsp3) is 0.111. The fourth-order valence-electron chi connectivity index (χ4n) is 2.65. The first-order chi connectivity index (χ1) is 11.9. The Balaban J connectivity index is 2.25. The molecule has 0 radical (unpaired) electrons. The van der Waals surface area contributed by atoms with E-state index >= 15 is 0 Å². The summed E-state index contributed by atoms with van der Waals surface area (Å²) in [5.74, 6) is -2.02. The summed E-state index contributed by atoms with van der Waals surface area (Å²) in [7, 11) is 0. The van der Waals surface area contributed by atoms with E-state index in [4.69, 9.17) is 5.73 Å². The van der Waals surface area contributed by atoms with E-state index in [9.17, 15) is 14.0 Å². The number of aromatic nitrogens is 3. The normalized spacial score (nSPS) is 10.5. The summed E-state index contributed by atoms with van der Waals surface area (Å²) in [6.45, 7) is 3.62. The van der Waals surface area contributed by atoms with Crippen molar-refractivity contribution in [1.29, 1.82) is 5.26 Å². The van der Waals surface area contributed by atoms with Gasteiger partial charge in [-0.15, -0.1) is 10.2 Å². The number of halogens is 2. The summed E-state index contributed by atoms with van der Waals surface area (Å²) >= 11 is 0. The number of rotatable bonds is 2. The maximum absolute atomic E-state index is 13.6. The number of nitrogen functional groups attached to an aromatic ring is 1. The third-order valence-corrected chi connectivity index (χ3v) is 3.81. The average Bonchev–Trinajstić information content (AvgIpc) is 2.57. The molecule has 1 aromatic heterocycles. The van der Waals surface area contributed by atoms with Gasteiger partial charge in [0.25, 0.3) is 0 Å². The number of aryl methyl sites for hydroxylation is 2. The number of nitriles is 1. The van der Waals surface area contributed by atoms with Crippen LogP contribution in [0.1, 0.15) is 16.7 Å². The summed E-state index contributed by atoms with van der Waals surface area (Å²) in [6.07, 6.45) is 0. The lowest BCUT2D eigenvalue weighted by atomic mass is 9.96. The molecule has 0 saturated carbocycles. The molecule has 25 heavy (non-hydrogen) atoms. The lowest BCUT2D eigenvalue weighted by Crippen LogP contribution is -2.03. The molecule has 0 bridgehead atoms.